The Hall–Kier alpha value is -4.80. The summed E-state index contributed by atoms with van der Waals surface area (Å²) in [4.78, 5) is 42.9. The molecule has 0 saturated heterocycles. The SMILES string of the molecule is CCc1cc2cc(C(=O)NC(CC)c3nnn(C)n3)ccn2c1C(=O)c1ccc(/C=C/C(OC(=O)N(CC)C(C)(C)C)C(C)C)cc1. The van der Waals surface area contributed by atoms with Crippen molar-refractivity contribution in [2.24, 2.45) is 13.0 Å². The lowest BCUT2D eigenvalue weighted by Crippen LogP contribution is -2.47. The van der Waals surface area contributed by atoms with Crippen molar-refractivity contribution in [1.82, 2.24) is 34.8 Å². The van der Waals surface area contributed by atoms with Crippen LogP contribution in [0.2, 0.25) is 0 Å². The summed E-state index contributed by atoms with van der Waals surface area (Å²) in [6.45, 7) is 16.4. The minimum absolute atomic E-state index is 0.0830. The number of hydrogen-bond acceptors (Lipinski definition) is 7. The molecule has 11 nitrogen and oxygen atoms in total. The second-order valence-corrected chi connectivity index (χ2v) is 13.0. The first-order chi connectivity index (χ1) is 22.3. The highest BCUT2D eigenvalue weighted by atomic mass is 16.6. The number of pyridine rings is 1. The van der Waals surface area contributed by atoms with Gasteiger partial charge < -0.3 is 19.4 Å². The number of rotatable bonds is 12. The number of benzene rings is 1. The highest BCUT2D eigenvalue weighted by Crippen LogP contribution is 2.24. The van der Waals surface area contributed by atoms with Crippen molar-refractivity contribution in [3.63, 3.8) is 0 Å². The molecule has 250 valence electrons. The van der Waals surface area contributed by atoms with E-state index in [4.69, 9.17) is 4.74 Å². The molecular formula is C36H47N7O4. The van der Waals surface area contributed by atoms with E-state index in [1.165, 1.54) is 4.80 Å². The summed E-state index contributed by atoms with van der Waals surface area (Å²) in [6, 6.07) is 12.5. The maximum Gasteiger partial charge on any atom is 0.410 e. The van der Waals surface area contributed by atoms with Gasteiger partial charge in [0.15, 0.2) is 5.82 Å². The third kappa shape index (κ3) is 8.14. The summed E-state index contributed by atoms with van der Waals surface area (Å²) in [5.41, 5.74) is 3.79. The lowest BCUT2D eigenvalue weighted by Gasteiger charge is -2.35. The maximum atomic E-state index is 13.8. The van der Waals surface area contributed by atoms with Crippen LogP contribution in [0, 0.1) is 5.92 Å². The predicted molar refractivity (Wildman–Crippen MR) is 182 cm³/mol. The van der Waals surface area contributed by atoms with Crippen LogP contribution < -0.4 is 5.32 Å². The van der Waals surface area contributed by atoms with E-state index in [9.17, 15) is 14.4 Å². The molecule has 0 aliphatic carbocycles. The Balaban J connectivity index is 1.51. The highest BCUT2D eigenvalue weighted by Gasteiger charge is 2.28. The number of ketones is 1. The van der Waals surface area contributed by atoms with Gasteiger partial charge in [0.1, 0.15) is 6.10 Å². The van der Waals surface area contributed by atoms with Gasteiger partial charge >= 0.3 is 6.09 Å². The van der Waals surface area contributed by atoms with E-state index in [-0.39, 0.29) is 35.3 Å². The first-order valence-electron chi connectivity index (χ1n) is 16.3. The Morgan fingerprint density at radius 3 is 2.28 bits per heavy atom. The average Bonchev–Trinajstić information content (AvgIpc) is 3.63. The second kappa shape index (κ2) is 14.7. The van der Waals surface area contributed by atoms with Crippen LogP contribution in [0.1, 0.15) is 111 Å². The number of aryl methyl sites for hydroxylation is 2. The van der Waals surface area contributed by atoms with Gasteiger partial charge in [-0.1, -0.05) is 58.0 Å². The lowest BCUT2D eigenvalue weighted by atomic mass is 10.0. The molecule has 0 radical (unpaired) electrons. The number of ether oxygens (including phenoxy) is 1. The Bertz CT molecular complexity index is 1750. The van der Waals surface area contributed by atoms with Crippen molar-refractivity contribution in [2.75, 3.05) is 6.54 Å². The fourth-order valence-corrected chi connectivity index (χ4v) is 5.47. The van der Waals surface area contributed by atoms with Crippen molar-refractivity contribution >= 4 is 29.4 Å². The van der Waals surface area contributed by atoms with Crippen molar-refractivity contribution < 1.29 is 19.1 Å². The van der Waals surface area contributed by atoms with Crippen LogP contribution in [-0.2, 0) is 18.2 Å². The number of nitrogens with one attached hydrogen (secondary N) is 1. The molecule has 3 aromatic heterocycles. The third-order valence-electron chi connectivity index (χ3n) is 8.15. The van der Waals surface area contributed by atoms with Crippen molar-refractivity contribution in [3.8, 4) is 0 Å². The van der Waals surface area contributed by atoms with Crippen LogP contribution in [0.5, 0.6) is 0 Å². The van der Waals surface area contributed by atoms with Crippen LogP contribution in [0.15, 0.2) is 54.7 Å². The van der Waals surface area contributed by atoms with E-state index < -0.39 is 6.10 Å². The lowest BCUT2D eigenvalue weighted by molar-refractivity contribution is 0.0403. The van der Waals surface area contributed by atoms with Gasteiger partial charge in [0.05, 0.1) is 18.8 Å². The van der Waals surface area contributed by atoms with Gasteiger partial charge in [-0.3, -0.25) is 9.59 Å². The molecule has 2 atom stereocenters. The Morgan fingerprint density at radius 1 is 1.02 bits per heavy atom. The highest BCUT2D eigenvalue weighted by molar-refractivity contribution is 6.10. The van der Waals surface area contributed by atoms with Gasteiger partial charge in [0.2, 0.25) is 5.78 Å². The number of fused-ring (bicyclic) bond motifs is 1. The molecule has 4 rings (SSSR count). The molecule has 0 fully saturated rings. The summed E-state index contributed by atoms with van der Waals surface area (Å²) in [6.07, 6.45) is 6.10. The van der Waals surface area contributed by atoms with E-state index in [2.05, 4.69) is 20.7 Å². The zero-order chi connectivity index (χ0) is 34.5. The molecule has 2 amide bonds. The van der Waals surface area contributed by atoms with Crippen molar-refractivity contribution in [1.29, 1.82) is 0 Å². The van der Waals surface area contributed by atoms with Crippen molar-refractivity contribution in [3.05, 3.63) is 88.5 Å². The Labute approximate surface area is 277 Å². The molecule has 47 heavy (non-hydrogen) atoms. The number of amides is 2. The zero-order valence-corrected chi connectivity index (χ0v) is 28.9. The normalized spacial score (nSPS) is 13.2. The van der Waals surface area contributed by atoms with Crippen LogP contribution in [0.3, 0.4) is 0 Å². The number of carbonyl (C=O) groups is 3. The maximum absolute atomic E-state index is 13.8. The molecule has 0 bridgehead atoms. The summed E-state index contributed by atoms with van der Waals surface area (Å²) in [5, 5.41) is 15.1. The van der Waals surface area contributed by atoms with Crippen molar-refractivity contribution in [2.45, 2.75) is 85.9 Å². The monoisotopic (exact) mass is 641 g/mol. The van der Waals surface area contributed by atoms with Gasteiger partial charge in [-0.05, 0) is 87.1 Å². The molecule has 4 aromatic rings. The van der Waals surface area contributed by atoms with Gasteiger partial charge in [0, 0.05) is 34.9 Å². The molecular weight excluding hydrogens is 594 g/mol. The third-order valence-corrected chi connectivity index (χ3v) is 8.15. The molecule has 11 heteroatoms. The van der Waals surface area contributed by atoms with E-state index >= 15 is 0 Å². The fraction of sp³-hybridized carbons (Fsp3) is 0.444. The number of nitrogens with zero attached hydrogens (tertiary/aromatic N) is 6. The number of aromatic nitrogens is 5. The van der Waals surface area contributed by atoms with Gasteiger partial charge in [-0.15, -0.1) is 10.2 Å². The van der Waals surface area contributed by atoms with Crippen LogP contribution in [-0.4, -0.2) is 65.5 Å². The molecule has 3 heterocycles. The van der Waals surface area contributed by atoms with Gasteiger partial charge in [-0.25, -0.2) is 4.79 Å². The van der Waals surface area contributed by atoms with Gasteiger partial charge in [-0.2, -0.15) is 4.80 Å². The Morgan fingerprint density at radius 2 is 1.72 bits per heavy atom. The number of tetrazole rings is 1. The number of hydrogen-bond donors (Lipinski definition) is 1. The molecule has 1 aromatic carbocycles. The average molecular weight is 642 g/mol. The second-order valence-electron chi connectivity index (χ2n) is 13.0. The standard InChI is InChI=1S/C36H47N7O4/c1-10-25-21-28-22-27(34(45)37-29(11-2)33-38-40-41(9)39-33)19-20-42(28)31(25)32(44)26-16-13-24(14-17-26)15-18-30(23(4)5)47-35(46)43(12-3)36(6,7)8/h13-23,29-30H,10-12H2,1-9H3,(H,37,45)/b18-15+. The van der Waals surface area contributed by atoms with E-state index in [0.29, 0.717) is 42.0 Å². The summed E-state index contributed by atoms with van der Waals surface area (Å²) in [5.74, 6) is 0.177. The minimum atomic E-state index is -0.400. The van der Waals surface area contributed by atoms with E-state index in [0.717, 1.165) is 16.6 Å². The van der Waals surface area contributed by atoms with E-state index in [1.807, 2.05) is 102 Å². The summed E-state index contributed by atoms with van der Waals surface area (Å²) >= 11 is 0. The molecule has 0 spiro atoms. The summed E-state index contributed by atoms with van der Waals surface area (Å²) < 4.78 is 7.71. The molecule has 1 N–H and O–H groups in total. The molecule has 0 aliphatic rings. The van der Waals surface area contributed by atoms with E-state index in [1.54, 1.807) is 30.3 Å². The molecule has 0 saturated carbocycles. The van der Waals surface area contributed by atoms with Crippen LogP contribution in [0.4, 0.5) is 4.79 Å². The topological polar surface area (TPSA) is 124 Å². The first kappa shape index (κ1) is 35.1. The first-order valence-corrected chi connectivity index (χ1v) is 16.3. The summed E-state index contributed by atoms with van der Waals surface area (Å²) in [7, 11) is 1.68. The molecule has 0 aliphatic heterocycles. The van der Waals surface area contributed by atoms with Gasteiger partial charge in [0.25, 0.3) is 5.91 Å². The zero-order valence-electron chi connectivity index (χ0n) is 28.9. The number of carbonyl (C=O) groups excluding carboxylic acids is 3. The largest absolute Gasteiger partial charge is 0.442 e. The smallest absolute Gasteiger partial charge is 0.410 e. The minimum Gasteiger partial charge on any atom is -0.442 e. The quantitative estimate of drug-likeness (QED) is 0.177. The fourth-order valence-electron chi connectivity index (χ4n) is 5.47. The Kier molecular flexibility index (Phi) is 11.0. The van der Waals surface area contributed by atoms with Crippen LogP contribution in [0.25, 0.3) is 11.6 Å². The predicted octanol–water partition coefficient (Wildman–Crippen LogP) is 6.43. The van der Waals surface area contributed by atoms with Crippen LogP contribution >= 0.6 is 0 Å². The molecule has 2 unspecified atom stereocenters.